The van der Waals surface area contributed by atoms with E-state index in [1.807, 2.05) is 48.5 Å². The van der Waals surface area contributed by atoms with Crippen molar-refractivity contribution < 1.29 is 13.2 Å². The summed E-state index contributed by atoms with van der Waals surface area (Å²) in [5.41, 5.74) is 0.846. The number of carbonyl (C=O) groups excluding carboxylic acids is 1. The third-order valence-corrected chi connectivity index (χ3v) is 7.39. The first-order valence-corrected chi connectivity index (χ1v) is 12.2. The topological polar surface area (TPSA) is 57.7 Å². The maximum Gasteiger partial charge on any atom is 0.236 e. The summed E-state index contributed by atoms with van der Waals surface area (Å²) < 4.78 is 26.5. The predicted octanol–water partition coefficient (Wildman–Crippen LogP) is 3.70. The van der Waals surface area contributed by atoms with Crippen LogP contribution in [0.5, 0.6) is 0 Å². The maximum absolute atomic E-state index is 12.5. The summed E-state index contributed by atoms with van der Waals surface area (Å²) in [7, 11) is -3.47. The number of hydrogen-bond donors (Lipinski definition) is 0. The van der Waals surface area contributed by atoms with Crippen LogP contribution in [0.3, 0.4) is 0 Å². The van der Waals surface area contributed by atoms with Crippen molar-refractivity contribution in [2.45, 2.75) is 17.7 Å². The lowest BCUT2D eigenvalue weighted by Crippen LogP contribution is -2.50. The van der Waals surface area contributed by atoms with Crippen LogP contribution in [0, 0.1) is 0 Å². The van der Waals surface area contributed by atoms with Gasteiger partial charge in [-0.25, -0.2) is 8.42 Å². The molecule has 29 heavy (non-hydrogen) atoms. The fraction of sp³-hybridized carbons (Fsp3) is 0.318. The van der Waals surface area contributed by atoms with E-state index in [0.29, 0.717) is 32.6 Å². The minimum absolute atomic E-state index is 0.107. The molecule has 1 amide bonds. The highest BCUT2D eigenvalue weighted by molar-refractivity contribution is 7.99. The molecule has 2 aromatic rings. The lowest BCUT2D eigenvalue weighted by molar-refractivity contribution is -0.132. The summed E-state index contributed by atoms with van der Waals surface area (Å²) in [6, 6.07) is 19.5. The van der Waals surface area contributed by atoms with E-state index in [-0.39, 0.29) is 5.91 Å². The summed E-state index contributed by atoms with van der Waals surface area (Å²) in [5, 5.41) is 1.25. The summed E-state index contributed by atoms with van der Waals surface area (Å²) in [5.74, 6) is 1.00. The van der Waals surface area contributed by atoms with Gasteiger partial charge in [0, 0.05) is 42.9 Å². The normalized spacial score (nSPS) is 15.7. The molecule has 1 aliphatic rings. The Balaban J connectivity index is 1.41. The van der Waals surface area contributed by atoms with Crippen molar-refractivity contribution in [1.29, 1.82) is 0 Å². The molecule has 0 aromatic heterocycles. The van der Waals surface area contributed by atoms with Crippen LogP contribution in [-0.2, 0) is 14.8 Å². The van der Waals surface area contributed by atoms with E-state index in [1.54, 1.807) is 22.7 Å². The largest absolute Gasteiger partial charge is 0.340 e. The molecule has 0 unspecified atom stereocenters. The van der Waals surface area contributed by atoms with Crippen molar-refractivity contribution in [3.05, 3.63) is 71.6 Å². The maximum atomic E-state index is 12.5. The predicted molar refractivity (Wildman–Crippen MR) is 119 cm³/mol. The van der Waals surface area contributed by atoms with Crippen molar-refractivity contribution >= 4 is 33.8 Å². The van der Waals surface area contributed by atoms with Gasteiger partial charge in [0.1, 0.15) is 0 Å². The van der Waals surface area contributed by atoms with Crippen molar-refractivity contribution in [2.24, 2.45) is 0 Å². The highest BCUT2D eigenvalue weighted by atomic mass is 32.2. The third-order valence-electron chi connectivity index (χ3n) is 4.73. The van der Waals surface area contributed by atoms with Gasteiger partial charge in [-0.1, -0.05) is 48.5 Å². The van der Waals surface area contributed by atoms with E-state index in [2.05, 4.69) is 12.1 Å². The molecular weight excluding hydrogens is 404 g/mol. The van der Waals surface area contributed by atoms with Crippen LogP contribution in [0.15, 0.2) is 71.0 Å². The Labute approximate surface area is 177 Å². The second-order valence-corrected chi connectivity index (χ2v) is 9.79. The number of hydrogen-bond acceptors (Lipinski definition) is 4. The molecule has 0 bridgehead atoms. The van der Waals surface area contributed by atoms with Gasteiger partial charge >= 0.3 is 0 Å². The molecule has 1 heterocycles. The highest BCUT2D eigenvalue weighted by Crippen LogP contribution is 2.19. The SMILES string of the molecule is O=C(CCCSc1ccccc1)N1CCN(S(=O)(=O)C=Cc2ccccc2)CC1. The van der Waals surface area contributed by atoms with Gasteiger partial charge in [0.25, 0.3) is 0 Å². The third kappa shape index (κ3) is 6.73. The second-order valence-electron chi connectivity index (χ2n) is 6.80. The minimum atomic E-state index is -3.47. The van der Waals surface area contributed by atoms with Gasteiger partial charge in [-0.05, 0) is 35.9 Å². The Morgan fingerprint density at radius 3 is 2.21 bits per heavy atom. The number of amides is 1. The standard InChI is InChI=1S/C22H26N2O3S2/c25-22(12-7-18-28-21-10-5-2-6-11-21)23-14-16-24(17-15-23)29(26,27)19-13-20-8-3-1-4-9-20/h1-6,8-11,13,19H,7,12,14-18H2. The van der Waals surface area contributed by atoms with Gasteiger partial charge < -0.3 is 4.90 Å². The molecule has 7 heteroatoms. The van der Waals surface area contributed by atoms with Gasteiger partial charge in [-0.2, -0.15) is 4.31 Å². The molecule has 154 valence electrons. The molecule has 1 aliphatic heterocycles. The molecule has 1 fully saturated rings. The number of sulfonamides is 1. The first-order valence-electron chi connectivity index (χ1n) is 9.73. The van der Waals surface area contributed by atoms with Crippen molar-refractivity contribution in [3.8, 4) is 0 Å². The number of carbonyl (C=O) groups is 1. The van der Waals surface area contributed by atoms with E-state index in [4.69, 9.17) is 0 Å². The molecule has 0 aliphatic carbocycles. The molecule has 0 saturated carbocycles. The summed E-state index contributed by atoms with van der Waals surface area (Å²) in [4.78, 5) is 15.4. The smallest absolute Gasteiger partial charge is 0.236 e. The number of nitrogens with zero attached hydrogens (tertiary/aromatic N) is 2. The van der Waals surface area contributed by atoms with Crippen molar-refractivity contribution in [1.82, 2.24) is 9.21 Å². The molecule has 1 saturated heterocycles. The summed E-state index contributed by atoms with van der Waals surface area (Å²) in [6.45, 7) is 1.57. The Morgan fingerprint density at radius 1 is 0.931 bits per heavy atom. The first-order chi connectivity index (χ1) is 14.0. The molecule has 0 atom stereocenters. The molecular formula is C22H26N2O3S2. The van der Waals surface area contributed by atoms with Crippen LogP contribution in [0.4, 0.5) is 0 Å². The molecule has 0 spiro atoms. The van der Waals surface area contributed by atoms with Gasteiger partial charge in [0.05, 0.1) is 0 Å². The van der Waals surface area contributed by atoms with Gasteiger partial charge in [-0.3, -0.25) is 4.79 Å². The number of benzene rings is 2. The molecule has 0 radical (unpaired) electrons. The Hall–Kier alpha value is -2.09. The van der Waals surface area contributed by atoms with Gasteiger partial charge in [0.15, 0.2) is 0 Å². The number of piperazine rings is 1. The summed E-state index contributed by atoms with van der Waals surface area (Å²) >= 11 is 1.75. The number of rotatable bonds is 8. The van der Waals surface area contributed by atoms with E-state index >= 15 is 0 Å². The minimum Gasteiger partial charge on any atom is -0.340 e. The van der Waals surface area contributed by atoms with Gasteiger partial charge in [0.2, 0.25) is 15.9 Å². The highest BCUT2D eigenvalue weighted by Gasteiger charge is 2.26. The van der Waals surface area contributed by atoms with E-state index in [0.717, 1.165) is 17.7 Å². The average molecular weight is 431 g/mol. The van der Waals surface area contributed by atoms with Crippen LogP contribution in [0.25, 0.3) is 6.08 Å². The fourth-order valence-corrected chi connectivity index (χ4v) is 5.14. The molecule has 2 aromatic carbocycles. The van der Waals surface area contributed by atoms with Gasteiger partial charge in [-0.15, -0.1) is 11.8 Å². The second kappa shape index (κ2) is 10.6. The monoisotopic (exact) mass is 430 g/mol. The van der Waals surface area contributed by atoms with Crippen molar-refractivity contribution in [3.63, 3.8) is 0 Å². The summed E-state index contributed by atoms with van der Waals surface area (Å²) in [6.07, 6.45) is 2.93. The van der Waals surface area contributed by atoms with Crippen LogP contribution >= 0.6 is 11.8 Å². The fourth-order valence-electron chi connectivity index (χ4n) is 3.09. The van der Waals surface area contributed by atoms with E-state index in [1.165, 1.54) is 14.6 Å². The first kappa shape index (κ1) is 21.6. The van der Waals surface area contributed by atoms with E-state index < -0.39 is 10.0 Å². The Morgan fingerprint density at radius 2 is 1.55 bits per heavy atom. The zero-order valence-corrected chi connectivity index (χ0v) is 17.9. The molecule has 0 N–H and O–H groups in total. The van der Waals surface area contributed by atoms with Crippen LogP contribution in [0.2, 0.25) is 0 Å². The van der Waals surface area contributed by atoms with Crippen LogP contribution in [0.1, 0.15) is 18.4 Å². The van der Waals surface area contributed by atoms with Crippen molar-refractivity contribution in [2.75, 3.05) is 31.9 Å². The molecule has 3 rings (SSSR count). The lowest BCUT2D eigenvalue weighted by atomic mass is 10.2. The average Bonchev–Trinajstić information content (AvgIpc) is 2.77. The molecule has 5 nitrogen and oxygen atoms in total. The van der Waals surface area contributed by atoms with E-state index in [9.17, 15) is 13.2 Å². The quantitative estimate of drug-likeness (QED) is 0.473. The Bertz CT molecular complexity index is 908. The lowest BCUT2D eigenvalue weighted by Gasteiger charge is -2.33. The van der Waals surface area contributed by atoms with Crippen LogP contribution < -0.4 is 0 Å². The zero-order valence-electron chi connectivity index (χ0n) is 16.3. The Kier molecular flexibility index (Phi) is 7.91. The number of thioether (sulfide) groups is 1. The zero-order chi connectivity index (χ0) is 20.5. The van der Waals surface area contributed by atoms with Crippen LogP contribution in [-0.4, -0.2) is 55.5 Å².